The van der Waals surface area contributed by atoms with Gasteiger partial charge in [-0.25, -0.2) is 9.78 Å². The number of carboxylic acid groups (broad SMARTS) is 1. The number of anilines is 1. The van der Waals surface area contributed by atoms with Crippen LogP contribution in [-0.2, 0) is 0 Å². The van der Waals surface area contributed by atoms with Gasteiger partial charge in [0.2, 0.25) is 5.88 Å². The molecule has 2 heterocycles. The molecule has 1 N–H and O–H groups in total. The Bertz CT molecular complexity index is 1420. The maximum atomic E-state index is 11.9. The van der Waals surface area contributed by atoms with E-state index in [1.807, 2.05) is 44.2 Å². The fourth-order valence-corrected chi connectivity index (χ4v) is 5.76. The number of hydrogen-bond acceptors (Lipinski definition) is 5. The normalized spacial score (nSPS) is 17.7. The van der Waals surface area contributed by atoms with E-state index in [0.29, 0.717) is 17.0 Å². The van der Waals surface area contributed by atoms with Crippen molar-refractivity contribution in [2.24, 2.45) is 5.41 Å². The summed E-state index contributed by atoms with van der Waals surface area (Å²) in [6.07, 6.45) is 5.15. The number of piperazine rings is 1. The highest BCUT2D eigenvalue weighted by atomic mass is 35.5. The lowest BCUT2D eigenvalue weighted by Gasteiger charge is -2.39. The number of halogens is 1. The Morgan fingerprint density at radius 2 is 1.75 bits per heavy atom. The summed E-state index contributed by atoms with van der Waals surface area (Å²) in [5, 5.41) is 10.5. The number of benzene rings is 2. The summed E-state index contributed by atoms with van der Waals surface area (Å²) < 4.78 is 5.99. The highest BCUT2D eigenvalue weighted by molar-refractivity contribution is 6.30. The molecule has 1 fully saturated rings. The van der Waals surface area contributed by atoms with Crippen LogP contribution in [0.2, 0.25) is 5.02 Å². The maximum absolute atomic E-state index is 11.9. The number of hydrogen-bond donors (Lipinski definition) is 1. The monoisotopic (exact) mass is 559 g/mol. The van der Waals surface area contributed by atoms with E-state index >= 15 is 0 Å². The number of nitrogens with zero attached hydrogens (tertiary/aromatic N) is 3. The Labute approximate surface area is 242 Å². The van der Waals surface area contributed by atoms with Gasteiger partial charge >= 0.3 is 5.97 Å². The molecule has 6 nitrogen and oxygen atoms in total. The van der Waals surface area contributed by atoms with E-state index < -0.39 is 5.97 Å². The van der Waals surface area contributed by atoms with Crippen molar-refractivity contribution in [2.75, 3.05) is 37.6 Å². The summed E-state index contributed by atoms with van der Waals surface area (Å²) in [7, 11) is 0. The van der Waals surface area contributed by atoms with Gasteiger partial charge < -0.3 is 14.7 Å². The van der Waals surface area contributed by atoms with Gasteiger partial charge in [0.05, 0.1) is 0 Å². The SMILES string of the molecule is Cc1cnc(Oc2cc(N3CCN(CC4=C(c5ccc(Cl)cc5)CC(C)(C)CC4)CC3)ccc2C(=O)O)cc1C. The second-order valence-corrected chi connectivity index (χ2v) is 12.3. The van der Waals surface area contributed by atoms with Crippen molar-refractivity contribution < 1.29 is 14.6 Å². The van der Waals surface area contributed by atoms with Crippen LogP contribution in [-0.4, -0.2) is 53.7 Å². The zero-order valence-corrected chi connectivity index (χ0v) is 24.6. The number of pyridine rings is 1. The molecular formula is C33H38ClN3O3. The Kier molecular flexibility index (Phi) is 8.20. The van der Waals surface area contributed by atoms with Crippen LogP contribution in [0.1, 0.15) is 60.2 Å². The lowest BCUT2D eigenvalue weighted by Crippen LogP contribution is -2.47. The summed E-state index contributed by atoms with van der Waals surface area (Å²) in [6, 6.07) is 15.5. The molecule has 5 rings (SSSR count). The molecule has 1 saturated heterocycles. The molecule has 0 radical (unpaired) electrons. The van der Waals surface area contributed by atoms with Crippen LogP contribution in [0.5, 0.6) is 11.6 Å². The summed E-state index contributed by atoms with van der Waals surface area (Å²) in [5.74, 6) is -0.311. The summed E-state index contributed by atoms with van der Waals surface area (Å²) >= 11 is 6.18. The summed E-state index contributed by atoms with van der Waals surface area (Å²) in [6.45, 7) is 13.3. The summed E-state index contributed by atoms with van der Waals surface area (Å²) in [5.41, 5.74) is 7.80. The van der Waals surface area contributed by atoms with Gasteiger partial charge in [0.25, 0.3) is 0 Å². The Morgan fingerprint density at radius 1 is 1.02 bits per heavy atom. The van der Waals surface area contributed by atoms with Crippen LogP contribution in [0.4, 0.5) is 5.69 Å². The molecule has 0 unspecified atom stereocenters. The number of ether oxygens (including phenoxy) is 1. The largest absolute Gasteiger partial charge is 0.478 e. The number of aromatic carboxylic acids is 1. The smallest absolute Gasteiger partial charge is 0.339 e. The first-order valence-electron chi connectivity index (χ1n) is 14.0. The Morgan fingerprint density at radius 3 is 2.42 bits per heavy atom. The molecule has 2 aromatic carbocycles. The molecule has 7 heteroatoms. The number of carbonyl (C=O) groups is 1. The van der Waals surface area contributed by atoms with Gasteiger partial charge in [-0.15, -0.1) is 0 Å². The lowest BCUT2D eigenvalue weighted by atomic mass is 9.72. The molecule has 0 saturated carbocycles. The lowest BCUT2D eigenvalue weighted by molar-refractivity contribution is 0.0694. The number of allylic oxidation sites excluding steroid dienone is 1. The van der Waals surface area contributed by atoms with Crippen molar-refractivity contribution in [2.45, 2.75) is 47.0 Å². The predicted octanol–water partition coefficient (Wildman–Crippen LogP) is 7.63. The second kappa shape index (κ2) is 11.6. The highest BCUT2D eigenvalue weighted by Gasteiger charge is 2.29. The second-order valence-electron chi connectivity index (χ2n) is 11.9. The molecule has 0 spiro atoms. The molecule has 210 valence electrons. The van der Waals surface area contributed by atoms with Gasteiger partial charge in [0.1, 0.15) is 11.3 Å². The quantitative estimate of drug-likeness (QED) is 0.321. The van der Waals surface area contributed by atoms with Crippen LogP contribution >= 0.6 is 11.6 Å². The van der Waals surface area contributed by atoms with Gasteiger partial charge in [0.15, 0.2) is 0 Å². The van der Waals surface area contributed by atoms with E-state index in [9.17, 15) is 9.90 Å². The maximum Gasteiger partial charge on any atom is 0.339 e. The van der Waals surface area contributed by atoms with Crippen LogP contribution in [0.15, 0.2) is 60.3 Å². The van der Waals surface area contributed by atoms with Crippen molar-refractivity contribution >= 4 is 28.8 Å². The van der Waals surface area contributed by atoms with E-state index in [1.165, 1.54) is 23.1 Å². The zero-order chi connectivity index (χ0) is 28.4. The highest BCUT2D eigenvalue weighted by Crippen LogP contribution is 2.43. The van der Waals surface area contributed by atoms with E-state index in [-0.39, 0.29) is 5.56 Å². The molecule has 0 amide bonds. The average Bonchev–Trinajstić information content (AvgIpc) is 2.92. The van der Waals surface area contributed by atoms with Crippen LogP contribution in [0.3, 0.4) is 0 Å². The van der Waals surface area contributed by atoms with Crippen molar-refractivity contribution in [3.63, 3.8) is 0 Å². The molecule has 1 aromatic heterocycles. The molecule has 1 aliphatic heterocycles. The standard InChI is InChI=1S/C33H38ClN3O3/c1-22-17-31(35-20-23(22)2)40-30-18-27(9-10-28(30)32(38)39)37-15-13-36(14-16-37)21-25-11-12-33(3,4)19-29(25)24-5-7-26(34)8-6-24/h5-10,17-18,20H,11-16,19,21H2,1-4H3,(H,38,39). The minimum absolute atomic E-state index is 0.129. The van der Waals surface area contributed by atoms with Gasteiger partial charge in [-0.05, 0) is 85.1 Å². The molecule has 1 aliphatic carbocycles. The molecule has 2 aliphatic rings. The third-order valence-corrected chi connectivity index (χ3v) is 8.54. The van der Waals surface area contributed by atoms with E-state index in [0.717, 1.165) is 67.4 Å². The van der Waals surface area contributed by atoms with Gasteiger partial charge in [0, 0.05) is 61.8 Å². The van der Waals surface area contributed by atoms with Crippen molar-refractivity contribution in [3.8, 4) is 11.6 Å². The van der Waals surface area contributed by atoms with Crippen LogP contribution in [0, 0.1) is 19.3 Å². The number of aromatic nitrogens is 1. The number of rotatable bonds is 7. The topological polar surface area (TPSA) is 65.9 Å². The van der Waals surface area contributed by atoms with Gasteiger partial charge in [-0.3, -0.25) is 4.90 Å². The number of aryl methyl sites for hydroxylation is 2. The fourth-order valence-electron chi connectivity index (χ4n) is 5.63. The molecular weight excluding hydrogens is 522 g/mol. The van der Waals surface area contributed by atoms with Crippen LogP contribution < -0.4 is 9.64 Å². The zero-order valence-electron chi connectivity index (χ0n) is 23.8. The predicted molar refractivity (Wildman–Crippen MR) is 162 cm³/mol. The fraction of sp³-hybridized carbons (Fsp3) is 0.394. The average molecular weight is 560 g/mol. The minimum atomic E-state index is -1.02. The van der Waals surface area contributed by atoms with Gasteiger partial charge in [-0.2, -0.15) is 0 Å². The molecule has 0 atom stereocenters. The molecule has 0 bridgehead atoms. The van der Waals surface area contributed by atoms with E-state index in [4.69, 9.17) is 16.3 Å². The van der Waals surface area contributed by atoms with Crippen LogP contribution in [0.25, 0.3) is 5.57 Å². The van der Waals surface area contributed by atoms with Crippen molar-refractivity contribution in [1.29, 1.82) is 0 Å². The van der Waals surface area contributed by atoms with E-state index in [2.05, 4.69) is 40.8 Å². The third-order valence-electron chi connectivity index (χ3n) is 8.29. The first kappa shape index (κ1) is 28.2. The van der Waals surface area contributed by atoms with Gasteiger partial charge in [-0.1, -0.05) is 43.2 Å². The summed E-state index contributed by atoms with van der Waals surface area (Å²) in [4.78, 5) is 21.1. The minimum Gasteiger partial charge on any atom is -0.478 e. The Balaban J connectivity index is 1.30. The first-order chi connectivity index (χ1) is 19.1. The van der Waals surface area contributed by atoms with Crippen molar-refractivity contribution in [3.05, 3.63) is 87.6 Å². The molecule has 40 heavy (non-hydrogen) atoms. The third kappa shape index (κ3) is 6.51. The number of carboxylic acids is 1. The first-order valence-corrected chi connectivity index (χ1v) is 14.4. The van der Waals surface area contributed by atoms with E-state index in [1.54, 1.807) is 12.3 Å². The van der Waals surface area contributed by atoms with Crippen molar-refractivity contribution in [1.82, 2.24) is 9.88 Å². The molecule has 3 aromatic rings. The Hall–Kier alpha value is -3.35.